The van der Waals surface area contributed by atoms with Crippen LogP contribution in [0.15, 0.2) is 42.6 Å². The molecule has 0 aliphatic heterocycles. The summed E-state index contributed by atoms with van der Waals surface area (Å²) in [5.41, 5.74) is 2.32. The van der Waals surface area contributed by atoms with E-state index in [9.17, 15) is 14.7 Å². The first-order valence-electron chi connectivity index (χ1n) is 8.09. The minimum atomic E-state index is -1.19. The summed E-state index contributed by atoms with van der Waals surface area (Å²) in [7, 11) is 0. The monoisotopic (exact) mass is 367 g/mol. The van der Waals surface area contributed by atoms with Crippen LogP contribution in [0, 0.1) is 6.92 Å². The molecule has 3 rings (SSSR count). The normalized spacial score (nSPS) is 10.6. The van der Waals surface area contributed by atoms with Crippen LogP contribution in [-0.4, -0.2) is 48.6 Å². The largest absolute Gasteiger partial charge is 0.505 e. The van der Waals surface area contributed by atoms with E-state index in [0.29, 0.717) is 23.5 Å². The summed E-state index contributed by atoms with van der Waals surface area (Å²) in [6, 6.07) is 11.1. The zero-order valence-corrected chi connectivity index (χ0v) is 14.5. The molecule has 0 saturated carbocycles. The number of hydrogen-bond donors (Lipinski definition) is 3. The van der Waals surface area contributed by atoms with Gasteiger partial charge in [0, 0.05) is 11.3 Å². The highest BCUT2D eigenvalue weighted by Gasteiger charge is 2.18. The van der Waals surface area contributed by atoms with Gasteiger partial charge < -0.3 is 15.5 Å². The summed E-state index contributed by atoms with van der Waals surface area (Å²) in [6.45, 7) is 1.65. The number of carboxylic acids is 1. The zero-order valence-electron chi connectivity index (χ0n) is 14.5. The van der Waals surface area contributed by atoms with Crippen LogP contribution in [0.3, 0.4) is 0 Å². The van der Waals surface area contributed by atoms with E-state index >= 15 is 0 Å². The van der Waals surface area contributed by atoms with Gasteiger partial charge in [0.05, 0.1) is 12.7 Å². The number of pyridine rings is 1. The lowest BCUT2D eigenvalue weighted by atomic mass is 10.1. The average Bonchev–Trinajstić information content (AvgIpc) is 3.10. The highest BCUT2D eigenvalue weighted by atomic mass is 16.4. The molecule has 138 valence electrons. The first kappa shape index (κ1) is 18.1. The molecule has 0 aliphatic rings. The van der Waals surface area contributed by atoms with Gasteiger partial charge in [-0.2, -0.15) is 0 Å². The molecule has 9 nitrogen and oxygen atoms in total. The van der Waals surface area contributed by atoms with Gasteiger partial charge in [0.25, 0.3) is 5.91 Å². The molecule has 27 heavy (non-hydrogen) atoms. The molecule has 0 spiro atoms. The predicted molar refractivity (Wildman–Crippen MR) is 95.2 cm³/mol. The number of aromatic hydroxyl groups is 1. The number of amides is 1. The summed E-state index contributed by atoms with van der Waals surface area (Å²) in [6.07, 6.45) is 1.72. The maximum Gasteiger partial charge on any atom is 0.322 e. The summed E-state index contributed by atoms with van der Waals surface area (Å²) < 4.78 is 1.66. The molecule has 0 fully saturated rings. The van der Waals surface area contributed by atoms with Gasteiger partial charge in [0.15, 0.2) is 5.69 Å². The van der Waals surface area contributed by atoms with E-state index in [2.05, 4.69) is 20.6 Å². The quantitative estimate of drug-likeness (QED) is 0.597. The van der Waals surface area contributed by atoms with Crippen molar-refractivity contribution in [2.24, 2.45) is 0 Å². The van der Waals surface area contributed by atoms with Crippen LogP contribution in [-0.2, 0) is 11.3 Å². The van der Waals surface area contributed by atoms with Crippen LogP contribution in [0.1, 0.15) is 21.7 Å². The lowest BCUT2D eigenvalue weighted by molar-refractivity contribution is -0.135. The SMILES string of the molecule is Cc1nc(C(=O)NCC(=O)O)c(O)cc1-c1cn(Cc2ccccc2)nn1. The van der Waals surface area contributed by atoms with Crippen LogP contribution < -0.4 is 5.32 Å². The molecule has 3 N–H and O–H groups in total. The third kappa shape index (κ3) is 4.27. The van der Waals surface area contributed by atoms with Crippen molar-refractivity contribution in [2.45, 2.75) is 13.5 Å². The van der Waals surface area contributed by atoms with Crippen molar-refractivity contribution in [3.63, 3.8) is 0 Å². The second-order valence-corrected chi connectivity index (χ2v) is 5.85. The number of carboxylic acid groups (broad SMARTS) is 1. The third-order valence-electron chi connectivity index (χ3n) is 3.81. The molecular formula is C18H17N5O4. The number of hydrogen-bond acceptors (Lipinski definition) is 6. The van der Waals surface area contributed by atoms with Gasteiger partial charge in [-0.15, -0.1) is 5.10 Å². The van der Waals surface area contributed by atoms with E-state index in [0.717, 1.165) is 5.56 Å². The maximum atomic E-state index is 11.9. The fourth-order valence-electron chi connectivity index (χ4n) is 2.53. The van der Waals surface area contributed by atoms with Gasteiger partial charge in [-0.1, -0.05) is 35.5 Å². The van der Waals surface area contributed by atoms with E-state index in [1.165, 1.54) is 6.07 Å². The molecule has 9 heteroatoms. The van der Waals surface area contributed by atoms with E-state index in [1.54, 1.807) is 17.8 Å². The molecule has 2 aromatic heterocycles. The van der Waals surface area contributed by atoms with Gasteiger partial charge in [-0.25, -0.2) is 9.67 Å². The molecule has 1 amide bonds. The number of aryl methyl sites for hydroxylation is 1. The average molecular weight is 367 g/mol. The van der Waals surface area contributed by atoms with E-state index in [1.807, 2.05) is 30.3 Å². The second-order valence-electron chi connectivity index (χ2n) is 5.85. The Morgan fingerprint density at radius 2 is 1.96 bits per heavy atom. The molecule has 0 saturated heterocycles. The number of carbonyl (C=O) groups excluding carboxylic acids is 1. The Labute approximate surface area is 154 Å². The Morgan fingerprint density at radius 3 is 2.67 bits per heavy atom. The fraction of sp³-hybridized carbons (Fsp3) is 0.167. The highest BCUT2D eigenvalue weighted by Crippen LogP contribution is 2.26. The van der Waals surface area contributed by atoms with Crippen molar-refractivity contribution in [3.05, 3.63) is 59.5 Å². The Kier molecular flexibility index (Phi) is 5.11. The number of benzene rings is 1. The number of rotatable bonds is 6. The minimum absolute atomic E-state index is 0.242. The Bertz CT molecular complexity index is 985. The molecule has 0 radical (unpaired) electrons. The zero-order chi connectivity index (χ0) is 19.4. The van der Waals surface area contributed by atoms with Crippen molar-refractivity contribution < 1.29 is 19.8 Å². The number of aromatic nitrogens is 4. The van der Waals surface area contributed by atoms with Gasteiger partial charge in [0.1, 0.15) is 18.0 Å². The maximum absolute atomic E-state index is 11.9. The molecule has 2 heterocycles. The van der Waals surface area contributed by atoms with E-state index in [4.69, 9.17) is 5.11 Å². The van der Waals surface area contributed by atoms with E-state index < -0.39 is 18.4 Å². The van der Waals surface area contributed by atoms with Crippen LogP contribution in [0.2, 0.25) is 0 Å². The van der Waals surface area contributed by atoms with E-state index in [-0.39, 0.29) is 11.4 Å². The van der Waals surface area contributed by atoms with Crippen molar-refractivity contribution >= 4 is 11.9 Å². The van der Waals surface area contributed by atoms with Gasteiger partial charge >= 0.3 is 5.97 Å². The predicted octanol–water partition coefficient (Wildman–Crippen LogP) is 1.22. The number of aliphatic carboxylic acids is 1. The number of nitrogens with one attached hydrogen (secondary N) is 1. The van der Waals surface area contributed by atoms with Crippen molar-refractivity contribution in [3.8, 4) is 17.0 Å². The van der Waals surface area contributed by atoms with Gasteiger partial charge in [-0.3, -0.25) is 9.59 Å². The molecule has 0 bridgehead atoms. The van der Waals surface area contributed by atoms with Crippen molar-refractivity contribution in [1.82, 2.24) is 25.3 Å². The standard InChI is InChI=1S/C18H17N5O4/c1-11-13(7-15(24)17(20-11)18(27)19-8-16(25)26)14-10-23(22-21-14)9-12-5-3-2-4-6-12/h2-7,10,24H,8-9H2,1H3,(H,19,27)(H,25,26). The number of carbonyl (C=O) groups is 2. The van der Waals surface area contributed by atoms with Crippen molar-refractivity contribution in [2.75, 3.05) is 6.54 Å². The summed E-state index contributed by atoms with van der Waals surface area (Å²) in [5, 5.41) is 29.1. The second kappa shape index (κ2) is 7.65. The molecular weight excluding hydrogens is 350 g/mol. The van der Waals surface area contributed by atoms with Gasteiger partial charge in [-0.05, 0) is 18.6 Å². The summed E-state index contributed by atoms with van der Waals surface area (Å²) in [5.74, 6) is -2.32. The Hall–Kier alpha value is -3.75. The molecule has 1 aromatic carbocycles. The van der Waals surface area contributed by atoms with Crippen LogP contribution in [0.4, 0.5) is 0 Å². The lowest BCUT2D eigenvalue weighted by Crippen LogP contribution is -2.30. The Balaban J connectivity index is 1.82. The molecule has 3 aromatic rings. The van der Waals surface area contributed by atoms with Crippen LogP contribution in [0.25, 0.3) is 11.3 Å². The Morgan fingerprint density at radius 1 is 1.22 bits per heavy atom. The minimum Gasteiger partial charge on any atom is -0.505 e. The summed E-state index contributed by atoms with van der Waals surface area (Å²) >= 11 is 0. The third-order valence-corrected chi connectivity index (χ3v) is 3.81. The van der Waals surface area contributed by atoms with Crippen molar-refractivity contribution in [1.29, 1.82) is 0 Å². The first-order chi connectivity index (χ1) is 12.9. The molecule has 0 unspecified atom stereocenters. The molecule has 0 atom stereocenters. The fourth-order valence-corrected chi connectivity index (χ4v) is 2.53. The lowest BCUT2D eigenvalue weighted by Gasteiger charge is -2.08. The van der Waals surface area contributed by atoms with Gasteiger partial charge in [0.2, 0.25) is 0 Å². The number of nitrogens with zero attached hydrogens (tertiary/aromatic N) is 4. The highest BCUT2D eigenvalue weighted by molar-refractivity contribution is 5.96. The van der Waals surface area contributed by atoms with Crippen LogP contribution in [0.5, 0.6) is 5.75 Å². The van der Waals surface area contributed by atoms with Crippen LogP contribution >= 0.6 is 0 Å². The summed E-state index contributed by atoms with van der Waals surface area (Å²) in [4.78, 5) is 26.6. The molecule has 0 aliphatic carbocycles. The smallest absolute Gasteiger partial charge is 0.322 e. The first-order valence-corrected chi connectivity index (χ1v) is 8.09. The topological polar surface area (TPSA) is 130 Å².